The van der Waals surface area contributed by atoms with Gasteiger partial charge in [0.25, 0.3) is 5.91 Å². The normalized spacial score (nSPS) is 23.0. The second kappa shape index (κ2) is 15.2. The molecule has 1 aliphatic carbocycles. The maximum absolute atomic E-state index is 14.0. The lowest BCUT2D eigenvalue weighted by Crippen LogP contribution is -2.52. The monoisotopic (exact) mass is 750 g/mol. The standard InChI is InChI=1S/C41H48Cl2N2O7/c1-23(2)30-14-8-24(3)16-35(30)51-39(47)34-19-27-18-33-36(20-28(27)21-45(34)40(48)52-41(4,5)6)50-37(38(46)44(33)7)26-10-12-29(13-11-26)49-22-25-9-15-31(42)32(43)17-25/h9-13,15,17-18,20,23-24,30,34-35,37H,8,14,16,19,21-22H2,1-7H3/t24?,30-,34-,35+,37+/m0/s1. The Morgan fingerprint density at radius 1 is 0.981 bits per heavy atom. The summed E-state index contributed by atoms with van der Waals surface area (Å²) < 4.78 is 24.4. The third-order valence-corrected chi connectivity index (χ3v) is 11.0. The topological polar surface area (TPSA) is 94.6 Å². The molecule has 0 aromatic heterocycles. The Kier molecular flexibility index (Phi) is 11.0. The van der Waals surface area contributed by atoms with E-state index in [1.807, 2.05) is 18.2 Å². The van der Waals surface area contributed by atoms with Crippen LogP contribution in [0.15, 0.2) is 54.6 Å². The number of hydrogen-bond acceptors (Lipinski definition) is 7. The van der Waals surface area contributed by atoms with Gasteiger partial charge in [0.05, 0.1) is 22.3 Å². The first-order valence-electron chi connectivity index (χ1n) is 18.0. The number of ether oxygens (including phenoxy) is 4. The largest absolute Gasteiger partial charge is 0.489 e. The number of anilines is 1. The van der Waals surface area contributed by atoms with Crippen LogP contribution in [0.4, 0.5) is 10.5 Å². The van der Waals surface area contributed by atoms with Crippen molar-refractivity contribution in [3.63, 3.8) is 0 Å². The second-order valence-electron chi connectivity index (χ2n) is 15.7. The number of carbonyl (C=O) groups excluding carboxylic acids is 3. The van der Waals surface area contributed by atoms with Crippen molar-refractivity contribution in [1.29, 1.82) is 0 Å². The van der Waals surface area contributed by atoms with E-state index >= 15 is 0 Å². The molecule has 2 heterocycles. The first-order valence-corrected chi connectivity index (χ1v) is 18.8. The summed E-state index contributed by atoms with van der Waals surface area (Å²) in [6.45, 7) is 12.4. The molecule has 3 aliphatic rings. The minimum Gasteiger partial charge on any atom is -0.489 e. The molecule has 0 spiro atoms. The average molecular weight is 752 g/mol. The van der Waals surface area contributed by atoms with Crippen LogP contribution in [-0.4, -0.2) is 47.7 Å². The van der Waals surface area contributed by atoms with Gasteiger partial charge in [-0.25, -0.2) is 9.59 Å². The van der Waals surface area contributed by atoms with E-state index in [1.165, 1.54) is 4.90 Å². The van der Waals surface area contributed by atoms with Gasteiger partial charge < -0.3 is 23.8 Å². The van der Waals surface area contributed by atoms with E-state index in [1.54, 1.807) is 69.1 Å². The van der Waals surface area contributed by atoms with Crippen molar-refractivity contribution in [3.8, 4) is 11.5 Å². The van der Waals surface area contributed by atoms with Crippen LogP contribution >= 0.6 is 23.2 Å². The Bertz CT molecular complexity index is 1820. The molecule has 1 unspecified atom stereocenters. The minimum atomic E-state index is -0.889. The lowest BCUT2D eigenvalue weighted by molar-refractivity contribution is -0.162. The number of halogens is 2. The Hall–Kier alpha value is -3.95. The summed E-state index contributed by atoms with van der Waals surface area (Å²) in [5.41, 5.74) is 3.04. The maximum Gasteiger partial charge on any atom is 0.411 e. The molecule has 0 saturated heterocycles. The predicted octanol–water partition coefficient (Wildman–Crippen LogP) is 9.33. The number of likely N-dealkylation sites (N-methyl/N-ethyl adjacent to an activating group) is 1. The third kappa shape index (κ3) is 8.31. The maximum atomic E-state index is 14.0. The zero-order valence-corrected chi connectivity index (χ0v) is 32.4. The van der Waals surface area contributed by atoms with Gasteiger partial charge in [0.1, 0.15) is 35.9 Å². The van der Waals surface area contributed by atoms with E-state index in [0.29, 0.717) is 51.2 Å². The Labute approximate surface area is 316 Å². The summed E-state index contributed by atoms with van der Waals surface area (Å²) in [5, 5.41) is 0.938. The van der Waals surface area contributed by atoms with Gasteiger partial charge in [0.2, 0.25) is 6.10 Å². The molecular formula is C41H48Cl2N2O7. The highest BCUT2D eigenvalue weighted by Crippen LogP contribution is 2.43. The number of esters is 1. The Morgan fingerprint density at radius 3 is 2.38 bits per heavy atom. The van der Waals surface area contributed by atoms with E-state index in [-0.39, 0.29) is 30.9 Å². The number of amides is 2. The molecule has 1 saturated carbocycles. The SMILES string of the molecule is CC1CC[C@@H](C(C)C)[C@H](OC(=O)[C@@H]2Cc3cc4c(cc3CN2C(=O)OC(C)(C)C)O[C@H](c2ccc(OCc3ccc(Cl)c(Cl)c3)cc2)C(=O)N4C)C1. The quantitative estimate of drug-likeness (QED) is 0.222. The summed E-state index contributed by atoms with van der Waals surface area (Å²) >= 11 is 12.2. The van der Waals surface area contributed by atoms with Crippen molar-refractivity contribution in [2.45, 2.75) is 104 Å². The summed E-state index contributed by atoms with van der Waals surface area (Å²) in [6.07, 6.45) is 1.47. The fourth-order valence-corrected chi connectivity index (χ4v) is 7.70. The lowest BCUT2D eigenvalue weighted by atomic mass is 9.75. The Balaban J connectivity index is 1.22. The van der Waals surface area contributed by atoms with Crippen molar-refractivity contribution >= 4 is 46.9 Å². The van der Waals surface area contributed by atoms with Crippen molar-refractivity contribution < 1.29 is 33.3 Å². The summed E-state index contributed by atoms with van der Waals surface area (Å²) in [6, 6.07) is 15.4. The molecule has 3 aromatic carbocycles. The van der Waals surface area contributed by atoms with Gasteiger partial charge in [-0.05, 0) is 104 Å². The number of benzene rings is 3. The highest BCUT2D eigenvalue weighted by Gasteiger charge is 2.43. The van der Waals surface area contributed by atoms with Gasteiger partial charge in [-0.15, -0.1) is 0 Å². The van der Waals surface area contributed by atoms with E-state index in [2.05, 4.69) is 20.8 Å². The molecule has 11 heteroatoms. The number of nitrogens with zero attached hydrogens (tertiary/aromatic N) is 2. The highest BCUT2D eigenvalue weighted by molar-refractivity contribution is 6.42. The van der Waals surface area contributed by atoms with Gasteiger partial charge >= 0.3 is 12.1 Å². The van der Waals surface area contributed by atoms with Crippen LogP contribution in [0.2, 0.25) is 10.0 Å². The van der Waals surface area contributed by atoms with Crippen molar-refractivity contribution in [1.82, 2.24) is 4.90 Å². The summed E-state index contributed by atoms with van der Waals surface area (Å²) in [5.74, 6) is 1.56. The second-order valence-corrected chi connectivity index (χ2v) is 16.5. The van der Waals surface area contributed by atoms with Gasteiger partial charge in [-0.1, -0.05) is 68.6 Å². The van der Waals surface area contributed by atoms with E-state index in [4.69, 9.17) is 42.1 Å². The first kappa shape index (κ1) is 37.8. The molecule has 5 atom stereocenters. The number of hydrogen-bond donors (Lipinski definition) is 0. The van der Waals surface area contributed by atoms with Crippen molar-refractivity contribution in [2.24, 2.45) is 17.8 Å². The molecule has 2 amide bonds. The molecule has 6 rings (SSSR count). The predicted molar refractivity (Wildman–Crippen MR) is 201 cm³/mol. The van der Waals surface area contributed by atoms with E-state index < -0.39 is 29.8 Å². The summed E-state index contributed by atoms with van der Waals surface area (Å²) in [7, 11) is 1.72. The molecule has 3 aromatic rings. The van der Waals surface area contributed by atoms with Crippen LogP contribution in [0.5, 0.6) is 11.5 Å². The molecule has 52 heavy (non-hydrogen) atoms. The van der Waals surface area contributed by atoms with Gasteiger partial charge in [-0.2, -0.15) is 0 Å². The molecule has 0 radical (unpaired) electrons. The molecule has 9 nitrogen and oxygen atoms in total. The molecular weight excluding hydrogens is 703 g/mol. The van der Waals surface area contributed by atoms with Crippen LogP contribution in [-0.2, 0) is 38.6 Å². The zero-order valence-electron chi connectivity index (χ0n) is 30.9. The first-order chi connectivity index (χ1) is 24.6. The highest BCUT2D eigenvalue weighted by atomic mass is 35.5. The number of rotatable bonds is 7. The van der Waals surface area contributed by atoms with Crippen LogP contribution in [0.1, 0.15) is 89.2 Å². The zero-order chi connectivity index (χ0) is 37.5. The van der Waals surface area contributed by atoms with Gasteiger partial charge in [0, 0.05) is 19.0 Å². The summed E-state index contributed by atoms with van der Waals surface area (Å²) in [4.78, 5) is 44.4. The Morgan fingerprint density at radius 2 is 1.71 bits per heavy atom. The van der Waals surface area contributed by atoms with Gasteiger partial charge in [-0.3, -0.25) is 9.69 Å². The molecule has 0 N–H and O–H groups in total. The van der Waals surface area contributed by atoms with Crippen molar-refractivity contribution in [3.05, 3.63) is 86.9 Å². The molecule has 278 valence electrons. The van der Waals surface area contributed by atoms with Crippen LogP contribution in [0.3, 0.4) is 0 Å². The minimum absolute atomic E-state index is 0.128. The molecule has 0 bridgehead atoms. The van der Waals surface area contributed by atoms with E-state index in [0.717, 1.165) is 36.0 Å². The average Bonchev–Trinajstić information content (AvgIpc) is 3.08. The number of fused-ring (bicyclic) bond motifs is 2. The fourth-order valence-electron chi connectivity index (χ4n) is 7.38. The third-order valence-electron chi connectivity index (χ3n) is 10.3. The lowest BCUT2D eigenvalue weighted by Gasteiger charge is -2.41. The van der Waals surface area contributed by atoms with E-state index in [9.17, 15) is 14.4 Å². The number of carbonyl (C=O) groups is 3. The van der Waals surface area contributed by atoms with Gasteiger partial charge in [0.15, 0.2) is 0 Å². The smallest absolute Gasteiger partial charge is 0.411 e. The van der Waals surface area contributed by atoms with Crippen LogP contribution < -0.4 is 14.4 Å². The molecule has 1 fully saturated rings. The van der Waals surface area contributed by atoms with Crippen LogP contribution in [0, 0.1) is 17.8 Å². The van der Waals surface area contributed by atoms with Crippen LogP contribution in [0.25, 0.3) is 0 Å². The fraction of sp³-hybridized carbons (Fsp3) is 0.488. The molecule has 2 aliphatic heterocycles. The van der Waals surface area contributed by atoms with Crippen molar-refractivity contribution in [2.75, 3.05) is 11.9 Å².